The minimum Gasteiger partial charge on any atom is -0.385 e. The molecule has 2 N–H and O–H groups in total. The first-order valence-corrected chi connectivity index (χ1v) is 7.30. The van der Waals surface area contributed by atoms with Crippen molar-refractivity contribution in [3.05, 3.63) is 24.3 Å². The molecule has 0 spiro atoms. The largest absolute Gasteiger partial charge is 0.385 e. The van der Waals surface area contributed by atoms with Gasteiger partial charge in [-0.3, -0.25) is 4.79 Å². The Morgan fingerprint density at radius 1 is 1.21 bits per heavy atom. The first-order valence-electron chi connectivity index (χ1n) is 7.30. The Kier molecular flexibility index (Phi) is 4.83. The fourth-order valence-corrected chi connectivity index (χ4v) is 2.09. The Balaban J connectivity index is 1.78. The number of carbonyl (C=O) groups excluding carboxylic acids is 1. The van der Waals surface area contributed by atoms with Crippen molar-refractivity contribution in [2.45, 2.75) is 39.5 Å². The van der Waals surface area contributed by atoms with Crippen LogP contribution in [0.5, 0.6) is 0 Å². The van der Waals surface area contributed by atoms with Crippen LogP contribution in [0.2, 0.25) is 0 Å². The summed E-state index contributed by atoms with van der Waals surface area (Å²) in [7, 11) is 0. The number of benzene rings is 1. The lowest BCUT2D eigenvalue weighted by atomic mass is 9.85. The summed E-state index contributed by atoms with van der Waals surface area (Å²) in [5.74, 6) is 1.13. The Labute approximate surface area is 115 Å². The standard InChI is InChI=1S/C16H24N2O/c1-12(2)10-11-17-14-6-8-15(9-7-14)18-16(19)13-4-3-5-13/h6-9,12-13,17H,3-5,10-11H2,1-2H3,(H,18,19). The highest BCUT2D eigenvalue weighted by atomic mass is 16.1. The second kappa shape index (κ2) is 6.60. The van der Waals surface area contributed by atoms with E-state index in [-0.39, 0.29) is 11.8 Å². The molecule has 1 aromatic carbocycles. The van der Waals surface area contributed by atoms with Crippen molar-refractivity contribution in [1.29, 1.82) is 0 Å². The minimum atomic E-state index is 0.173. The average molecular weight is 260 g/mol. The van der Waals surface area contributed by atoms with Gasteiger partial charge in [-0.2, -0.15) is 0 Å². The molecule has 1 amide bonds. The van der Waals surface area contributed by atoms with Gasteiger partial charge in [-0.25, -0.2) is 0 Å². The van der Waals surface area contributed by atoms with E-state index in [2.05, 4.69) is 24.5 Å². The van der Waals surface area contributed by atoms with Crippen molar-refractivity contribution >= 4 is 17.3 Å². The smallest absolute Gasteiger partial charge is 0.227 e. The molecule has 0 heterocycles. The van der Waals surface area contributed by atoms with E-state index in [0.29, 0.717) is 5.92 Å². The normalized spacial score (nSPS) is 15.1. The molecule has 0 unspecified atom stereocenters. The molecule has 0 aromatic heterocycles. The summed E-state index contributed by atoms with van der Waals surface area (Å²) in [5.41, 5.74) is 2.01. The van der Waals surface area contributed by atoms with Gasteiger partial charge in [0.05, 0.1) is 0 Å². The predicted octanol–water partition coefficient (Wildman–Crippen LogP) is 3.88. The van der Waals surface area contributed by atoms with Gasteiger partial charge in [0.25, 0.3) is 0 Å². The van der Waals surface area contributed by atoms with Crippen LogP contribution in [0, 0.1) is 11.8 Å². The van der Waals surface area contributed by atoms with E-state index in [1.54, 1.807) is 0 Å². The SMILES string of the molecule is CC(C)CCNc1ccc(NC(=O)C2CCC2)cc1. The molecule has 1 aromatic rings. The van der Waals surface area contributed by atoms with Gasteiger partial charge in [0, 0.05) is 23.8 Å². The van der Waals surface area contributed by atoms with Crippen LogP contribution in [0.1, 0.15) is 39.5 Å². The van der Waals surface area contributed by atoms with E-state index in [1.165, 1.54) is 12.8 Å². The predicted molar refractivity (Wildman–Crippen MR) is 80.4 cm³/mol. The van der Waals surface area contributed by atoms with Crippen LogP contribution in [0.4, 0.5) is 11.4 Å². The van der Waals surface area contributed by atoms with E-state index < -0.39 is 0 Å². The zero-order valence-electron chi connectivity index (χ0n) is 11.9. The van der Waals surface area contributed by atoms with Crippen molar-refractivity contribution in [3.63, 3.8) is 0 Å². The van der Waals surface area contributed by atoms with E-state index in [0.717, 1.165) is 30.8 Å². The summed E-state index contributed by atoms with van der Waals surface area (Å²) in [4.78, 5) is 11.8. The summed E-state index contributed by atoms with van der Waals surface area (Å²) < 4.78 is 0. The number of nitrogens with one attached hydrogen (secondary N) is 2. The summed E-state index contributed by atoms with van der Waals surface area (Å²) >= 11 is 0. The Morgan fingerprint density at radius 2 is 1.84 bits per heavy atom. The number of amides is 1. The van der Waals surface area contributed by atoms with Gasteiger partial charge >= 0.3 is 0 Å². The molecule has 1 saturated carbocycles. The fraction of sp³-hybridized carbons (Fsp3) is 0.562. The molecular formula is C16H24N2O. The van der Waals surface area contributed by atoms with E-state index >= 15 is 0 Å². The maximum Gasteiger partial charge on any atom is 0.227 e. The Morgan fingerprint density at radius 3 is 2.37 bits per heavy atom. The third kappa shape index (κ3) is 4.27. The monoisotopic (exact) mass is 260 g/mol. The summed E-state index contributed by atoms with van der Waals surface area (Å²) in [6, 6.07) is 7.98. The zero-order valence-corrected chi connectivity index (χ0v) is 11.9. The molecule has 2 rings (SSSR count). The first-order chi connectivity index (χ1) is 9.15. The van der Waals surface area contributed by atoms with Crippen LogP contribution in [-0.2, 0) is 4.79 Å². The molecule has 3 heteroatoms. The number of anilines is 2. The number of hydrogen-bond donors (Lipinski definition) is 2. The number of rotatable bonds is 6. The van der Waals surface area contributed by atoms with Crippen molar-refractivity contribution in [1.82, 2.24) is 0 Å². The highest BCUT2D eigenvalue weighted by Crippen LogP contribution is 2.27. The molecule has 0 radical (unpaired) electrons. The van der Waals surface area contributed by atoms with Gasteiger partial charge in [-0.1, -0.05) is 20.3 Å². The molecule has 0 bridgehead atoms. The van der Waals surface area contributed by atoms with Gasteiger partial charge in [-0.15, -0.1) is 0 Å². The summed E-state index contributed by atoms with van der Waals surface area (Å²) in [6.45, 7) is 5.44. The van der Waals surface area contributed by atoms with Crippen LogP contribution in [-0.4, -0.2) is 12.5 Å². The van der Waals surface area contributed by atoms with Crippen molar-refractivity contribution < 1.29 is 4.79 Å². The van der Waals surface area contributed by atoms with E-state index in [4.69, 9.17) is 0 Å². The molecule has 3 nitrogen and oxygen atoms in total. The van der Waals surface area contributed by atoms with Gasteiger partial charge < -0.3 is 10.6 Å². The average Bonchev–Trinajstić information content (AvgIpc) is 2.28. The van der Waals surface area contributed by atoms with Crippen LogP contribution >= 0.6 is 0 Å². The van der Waals surface area contributed by atoms with Gasteiger partial charge in [0.2, 0.25) is 5.91 Å². The lowest BCUT2D eigenvalue weighted by Crippen LogP contribution is -2.27. The third-order valence-electron chi connectivity index (χ3n) is 3.68. The maximum atomic E-state index is 11.8. The fourth-order valence-electron chi connectivity index (χ4n) is 2.09. The van der Waals surface area contributed by atoms with Crippen molar-refractivity contribution in [2.75, 3.05) is 17.2 Å². The topological polar surface area (TPSA) is 41.1 Å². The zero-order chi connectivity index (χ0) is 13.7. The Bertz CT molecular complexity index is 407. The quantitative estimate of drug-likeness (QED) is 0.815. The van der Waals surface area contributed by atoms with Crippen LogP contribution in [0.15, 0.2) is 24.3 Å². The van der Waals surface area contributed by atoms with Gasteiger partial charge in [0.15, 0.2) is 0 Å². The van der Waals surface area contributed by atoms with Crippen molar-refractivity contribution in [2.24, 2.45) is 11.8 Å². The third-order valence-corrected chi connectivity index (χ3v) is 3.68. The van der Waals surface area contributed by atoms with Crippen LogP contribution in [0.25, 0.3) is 0 Å². The second-order valence-corrected chi connectivity index (χ2v) is 5.80. The van der Waals surface area contributed by atoms with E-state index in [1.807, 2.05) is 24.3 Å². The molecular weight excluding hydrogens is 236 g/mol. The highest BCUT2D eigenvalue weighted by Gasteiger charge is 2.24. The Hall–Kier alpha value is -1.51. The molecule has 0 aliphatic heterocycles. The highest BCUT2D eigenvalue weighted by molar-refractivity contribution is 5.93. The minimum absolute atomic E-state index is 0.173. The number of carbonyl (C=O) groups is 1. The first kappa shape index (κ1) is 13.9. The summed E-state index contributed by atoms with van der Waals surface area (Å²) in [5, 5.41) is 6.37. The van der Waals surface area contributed by atoms with Gasteiger partial charge in [-0.05, 0) is 49.4 Å². The summed E-state index contributed by atoms with van der Waals surface area (Å²) in [6.07, 6.45) is 4.44. The van der Waals surface area contributed by atoms with Gasteiger partial charge in [0.1, 0.15) is 0 Å². The maximum absolute atomic E-state index is 11.8. The lowest BCUT2D eigenvalue weighted by molar-refractivity contribution is -0.122. The molecule has 104 valence electrons. The molecule has 19 heavy (non-hydrogen) atoms. The van der Waals surface area contributed by atoms with Crippen molar-refractivity contribution in [3.8, 4) is 0 Å². The lowest BCUT2D eigenvalue weighted by Gasteiger charge is -2.24. The second-order valence-electron chi connectivity index (χ2n) is 5.80. The van der Waals surface area contributed by atoms with Crippen LogP contribution < -0.4 is 10.6 Å². The molecule has 1 aliphatic carbocycles. The number of hydrogen-bond acceptors (Lipinski definition) is 2. The van der Waals surface area contributed by atoms with E-state index in [9.17, 15) is 4.79 Å². The molecule has 0 atom stereocenters. The van der Waals surface area contributed by atoms with Crippen LogP contribution in [0.3, 0.4) is 0 Å². The molecule has 1 fully saturated rings. The molecule has 0 saturated heterocycles. The molecule has 1 aliphatic rings.